The van der Waals surface area contributed by atoms with Crippen molar-refractivity contribution in [3.63, 3.8) is 0 Å². The number of alkyl halides is 3. The molecule has 80 valence electrons. The van der Waals surface area contributed by atoms with Gasteiger partial charge in [0.05, 0.1) is 12.4 Å². The third-order valence-corrected chi connectivity index (χ3v) is 2.09. The van der Waals surface area contributed by atoms with Gasteiger partial charge in [0.15, 0.2) is 0 Å². The second kappa shape index (κ2) is 4.02. The molecule has 5 heteroatoms. The van der Waals surface area contributed by atoms with Crippen molar-refractivity contribution >= 4 is 5.71 Å². The van der Waals surface area contributed by atoms with Gasteiger partial charge in [-0.1, -0.05) is 0 Å². The van der Waals surface area contributed by atoms with Crippen LogP contribution in [-0.2, 0) is 4.74 Å². The van der Waals surface area contributed by atoms with Crippen LogP contribution in [0.4, 0.5) is 13.2 Å². The molecule has 0 saturated heterocycles. The normalized spacial score (nSPS) is 19.6. The molecule has 1 aliphatic heterocycles. The zero-order chi connectivity index (χ0) is 10.8. The van der Waals surface area contributed by atoms with E-state index in [0.717, 1.165) is 7.05 Å². The third-order valence-electron chi connectivity index (χ3n) is 2.09. The molecule has 0 spiro atoms. The minimum Gasteiger partial charge on any atom is -0.498 e. The molecular formula is C9H12F3NO. The van der Waals surface area contributed by atoms with E-state index in [0.29, 0.717) is 25.2 Å². The lowest BCUT2D eigenvalue weighted by atomic mass is 10.0. The van der Waals surface area contributed by atoms with E-state index in [4.69, 9.17) is 4.74 Å². The topological polar surface area (TPSA) is 21.6 Å². The minimum absolute atomic E-state index is 0.186. The van der Waals surface area contributed by atoms with Crippen molar-refractivity contribution in [1.29, 1.82) is 0 Å². The molecule has 1 rings (SSSR count). The Hall–Kier alpha value is -1.00. The fourth-order valence-corrected chi connectivity index (χ4v) is 1.46. The van der Waals surface area contributed by atoms with Crippen LogP contribution in [0.15, 0.2) is 16.3 Å². The summed E-state index contributed by atoms with van der Waals surface area (Å²) in [5, 5.41) is 0. The second-order valence-electron chi connectivity index (χ2n) is 3.06. The van der Waals surface area contributed by atoms with E-state index < -0.39 is 11.9 Å². The summed E-state index contributed by atoms with van der Waals surface area (Å²) in [7, 11) is 1.15. The molecule has 1 heterocycles. The lowest BCUT2D eigenvalue weighted by molar-refractivity contribution is -0.0589. The van der Waals surface area contributed by atoms with E-state index in [1.54, 1.807) is 6.92 Å². The van der Waals surface area contributed by atoms with Gasteiger partial charge in [-0.25, -0.2) is 0 Å². The highest BCUT2D eigenvalue weighted by atomic mass is 19.4. The summed E-state index contributed by atoms with van der Waals surface area (Å²) in [5.41, 5.74) is -0.624. The Bertz CT molecular complexity index is 278. The fourth-order valence-electron chi connectivity index (χ4n) is 1.46. The molecule has 0 aromatic carbocycles. The van der Waals surface area contributed by atoms with E-state index in [-0.39, 0.29) is 5.57 Å². The molecule has 0 atom stereocenters. The third kappa shape index (κ3) is 2.27. The number of allylic oxidation sites excluding steroid dienone is 2. The summed E-state index contributed by atoms with van der Waals surface area (Å²) < 4.78 is 42.4. The second-order valence-corrected chi connectivity index (χ2v) is 3.06. The van der Waals surface area contributed by atoms with Gasteiger partial charge in [0.1, 0.15) is 5.71 Å². The van der Waals surface area contributed by atoms with E-state index in [1.807, 2.05) is 0 Å². The quantitative estimate of drug-likeness (QED) is 0.606. The van der Waals surface area contributed by atoms with Crippen LogP contribution >= 0.6 is 0 Å². The lowest BCUT2D eigenvalue weighted by Crippen LogP contribution is -2.27. The Morgan fingerprint density at radius 1 is 1.43 bits per heavy atom. The molecule has 0 fully saturated rings. The molecule has 0 amide bonds. The van der Waals surface area contributed by atoms with Crippen LogP contribution in [0, 0.1) is 0 Å². The van der Waals surface area contributed by atoms with Crippen molar-refractivity contribution in [2.45, 2.75) is 25.9 Å². The molecule has 0 aromatic heterocycles. The van der Waals surface area contributed by atoms with E-state index >= 15 is 0 Å². The first-order chi connectivity index (χ1) is 6.46. The van der Waals surface area contributed by atoms with Gasteiger partial charge in [0, 0.05) is 12.6 Å². The van der Waals surface area contributed by atoms with Crippen molar-refractivity contribution in [2.24, 2.45) is 4.99 Å². The fraction of sp³-hybridized carbons (Fsp3) is 0.667. The first-order valence-electron chi connectivity index (χ1n) is 4.33. The average Bonchev–Trinajstić information content (AvgIpc) is 2.07. The zero-order valence-corrected chi connectivity index (χ0v) is 8.11. The van der Waals surface area contributed by atoms with Crippen molar-refractivity contribution in [3.8, 4) is 0 Å². The SMILES string of the molecule is CN=C(C1=C(C)OCCC1)C(F)(F)F. The minimum atomic E-state index is -4.38. The molecule has 0 bridgehead atoms. The van der Waals surface area contributed by atoms with Gasteiger partial charge >= 0.3 is 6.18 Å². The number of aliphatic imine (C=N–C) groups is 1. The van der Waals surface area contributed by atoms with E-state index in [1.165, 1.54) is 0 Å². The zero-order valence-electron chi connectivity index (χ0n) is 8.11. The Morgan fingerprint density at radius 2 is 2.07 bits per heavy atom. The van der Waals surface area contributed by atoms with Crippen LogP contribution in [0.25, 0.3) is 0 Å². The summed E-state index contributed by atoms with van der Waals surface area (Å²) in [6.07, 6.45) is -3.38. The predicted octanol–water partition coefficient (Wildman–Crippen LogP) is 2.70. The maximum atomic E-state index is 12.5. The number of hydrogen-bond donors (Lipinski definition) is 0. The average molecular weight is 207 g/mol. The summed E-state index contributed by atoms with van der Waals surface area (Å²) in [6, 6.07) is 0. The Balaban J connectivity index is 3.01. The number of hydrogen-bond acceptors (Lipinski definition) is 2. The number of ether oxygens (including phenoxy) is 1. The first kappa shape index (κ1) is 11.1. The highest BCUT2D eigenvalue weighted by molar-refractivity contribution is 6.04. The summed E-state index contributed by atoms with van der Waals surface area (Å²) in [5.74, 6) is 0.342. The summed E-state index contributed by atoms with van der Waals surface area (Å²) in [4.78, 5) is 3.29. The molecule has 0 aliphatic carbocycles. The molecule has 0 radical (unpaired) electrons. The van der Waals surface area contributed by atoms with Gasteiger partial charge in [0.25, 0.3) is 0 Å². The van der Waals surface area contributed by atoms with Crippen molar-refractivity contribution in [3.05, 3.63) is 11.3 Å². The highest BCUT2D eigenvalue weighted by Crippen LogP contribution is 2.29. The standard InChI is InChI=1S/C9H12F3NO/c1-6-7(4-3-5-14-6)8(13-2)9(10,11)12/h3-5H2,1-2H3. The van der Waals surface area contributed by atoms with Crippen molar-refractivity contribution in [1.82, 2.24) is 0 Å². The molecule has 0 aromatic rings. The number of rotatable bonds is 1. The smallest absolute Gasteiger partial charge is 0.433 e. The van der Waals surface area contributed by atoms with Crippen LogP contribution < -0.4 is 0 Å². The number of nitrogens with zero attached hydrogens (tertiary/aromatic N) is 1. The largest absolute Gasteiger partial charge is 0.498 e. The molecule has 0 unspecified atom stereocenters. The Morgan fingerprint density at radius 3 is 2.50 bits per heavy atom. The number of halogens is 3. The highest BCUT2D eigenvalue weighted by Gasteiger charge is 2.38. The molecule has 1 aliphatic rings. The summed E-state index contributed by atoms with van der Waals surface area (Å²) >= 11 is 0. The van der Waals surface area contributed by atoms with Gasteiger partial charge < -0.3 is 4.74 Å². The Kier molecular flexibility index (Phi) is 3.18. The van der Waals surface area contributed by atoms with Gasteiger partial charge in [-0.15, -0.1) is 0 Å². The van der Waals surface area contributed by atoms with Crippen LogP contribution in [-0.4, -0.2) is 25.5 Å². The maximum Gasteiger partial charge on any atom is 0.433 e. The van der Waals surface area contributed by atoms with E-state index in [9.17, 15) is 13.2 Å². The van der Waals surface area contributed by atoms with Crippen LogP contribution in [0.3, 0.4) is 0 Å². The van der Waals surface area contributed by atoms with Crippen LogP contribution in [0.2, 0.25) is 0 Å². The van der Waals surface area contributed by atoms with Gasteiger partial charge in [-0.3, -0.25) is 4.99 Å². The van der Waals surface area contributed by atoms with Crippen LogP contribution in [0.5, 0.6) is 0 Å². The first-order valence-corrected chi connectivity index (χ1v) is 4.33. The lowest BCUT2D eigenvalue weighted by Gasteiger charge is -2.21. The predicted molar refractivity (Wildman–Crippen MR) is 47.3 cm³/mol. The molecular weight excluding hydrogens is 195 g/mol. The Labute approximate surface area is 80.5 Å². The van der Waals surface area contributed by atoms with Gasteiger partial charge in [-0.05, 0) is 19.8 Å². The van der Waals surface area contributed by atoms with Crippen molar-refractivity contribution < 1.29 is 17.9 Å². The summed E-state index contributed by atoms with van der Waals surface area (Å²) in [6.45, 7) is 2.04. The molecule has 0 saturated carbocycles. The molecule has 0 N–H and O–H groups in total. The monoisotopic (exact) mass is 207 g/mol. The maximum absolute atomic E-state index is 12.5. The van der Waals surface area contributed by atoms with Gasteiger partial charge in [0.2, 0.25) is 0 Å². The van der Waals surface area contributed by atoms with Crippen LogP contribution in [0.1, 0.15) is 19.8 Å². The van der Waals surface area contributed by atoms with Gasteiger partial charge in [-0.2, -0.15) is 13.2 Å². The molecule has 14 heavy (non-hydrogen) atoms. The van der Waals surface area contributed by atoms with E-state index in [2.05, 4.69) is 4.99 Å². The van der Waals surface area contributed by atoms with Crippen molar-refractivity contribution in [2.75, 3.05) is 13.7 Å². The molecule has 2 nitrogen and oxygen atoms in total.